The molecule has 0 spiro atoms. The van der Waals surface area contributed by atoms with Crippen LogP contribution >= 0.6 is 0 Å². The average Bonchev–Trinajstić information content (AvgIpc) is 2.90. The van der Waals surface area contributed by atoms with Crippen LogP contribution in [0.1, 0.15) is 33.9 Å². The van der Waals surface area contributed by atoms with Crippen molar-refractivity contribution in [3.05, 3.63) is 59.1 Å². The smallest absolute Gasteiger partial charge is 0.351 e. The van der Waals surface area contributed by atoms with E-state index in [-0.39, 0.29) is 11.6 Å². The molecule has 1 fully saturated rings. The van der Waals surface area contributed by atoms with Gasteiger partial charge < -0.3 is 34.1 Å². The van der Waals surface area contributed by atoms with E-state index in [1.807, 2.05) is 0 Å². The van der Waals surface area contributed by atoms with E-state index in [1.165, 1.54) is 12.3 Å². The number of esters is 4. The summed E-state index contributed by atoms with van der Waals surface area (Å²) < 4.78 is 28.3. The Hall–Kier alpha value is -4.98. The maximum Gasteiger partial charge on any atom is 0.351 e. The number of nitrogens with one attached hydrogen (secondary N) is 1. The molecule has 1 saturated heterocycles. The van der Waals surface area contributed by atoms with Crippen LogP contribution in [-0.4, -0.2) is 69.6 Å². The number of phenolic OH excluding ortho intramolecular Hbond substituents is 1. The van der Waals surface area contributed by atoms with Crippen LogP contribution in [0.3, 0.4) is 0 Å². The minimum atomic E-state index is -1.47. The molecular formula is C28H29N3O11. The first-order valence-corrected chi connectivity index (χ1v) is 12.8. The van der Waals surface area contributed by atoms with Gasteiger partial charge in [0.2, 0.25) is 0 Å². The first-order valence-electron chi connectivity index (χ1n) is 12.8. The molecule has 2 N–H and O–H groups in total. The number of benzene rings is 2. The van der Waals surface area contributed by atoms with Crippen LogP contribution in [0.25, 0.3) is 10.8 Å². The molecule has 0 amide bonds. The fourth-order valence-electron chi connectivity index (χ4n) is 4.65. The number of hydrogen-bond acceptors (Lipinski definition) is 13. The van der Waals surface area contributed by atoms with Gasteiger partial charge in [0.15, 0.2) is 24.5 Å². The highest BCUT2D eigenvalue weighted by Crippen LogP contribution is 2.35. The van der Waals surface area contributed by atoms with Gasteiger partial charge >= 0.3 is 29.6 Å². The van der Waals surface area contributed by atoms with Gasteiger partial charge in [-0.25, -0.2) is 4.79 Å². The predicted molar refractivity (Wildman–Crippen MR) is 145 cm³/mol. The monoisotopic (exact) mass is 583 g/mol. The van der Waals surface area contributed by atoms with Crippen LogP contribution in [-0.2, 0) is 42.9 Å². The van der Waals surface area contributed by atoms with E-state index in [9.17, 15) is 29.1 Å². The largest absolute Gasteiger partial charge is 0.507 e. The SMILES string of the molecule is CC(=O)OC[C@H]1O[C@@H](n2ccc(Nc3cccc4c(O)cccc34)nc2=O)[C@H](OC(C)=O)[C@@H](OC(C)=O)[C@@H]1OC(C)=O. The van der Waals surface area contributed by atoms with Gasteiger partial charge in [0.25, 0.3) is 0 Å². The fourth-order valence-corrected chi connectivity index (χ4v) is 4.65. The van der Waals surface area contributed by atoms with Crippen molar-refractivity contribution in [3.8, 4) is 5.75 Å². The summed E-state index contributed by atoms with van der Waals surface area (Å²) in [6.07, 6.45) is -5.62. The van der Waals surface area contributed by atoms with Crippen molar-refractivity contribution in [2.24, 2.45) is 0 Å². The average molecular weight is 584 g/mol. The maximum absolute atomic E-state index is 13.3. The van der Waals surface area contributed by atoms with Gasteiger partial charge in [-0.2, -0.15) is 4.98 Å². The zero-order chi connectivity index (χ0) is 30.6. The Balaban J connectivity index is 1.73. The summed E-state index contributed by atoms with van der Waals surface area (Å²) in [5.41, 5.74) is -0.274. The lowest BCUT2D eigenvalue weighted by Crippen LogP contribution is -2.61. The van der Waals surface area contributed by atoms with Crippen molar-refractivity contribution in [1.29, 1.82) is 0 Å². The Labute approximate surface area is 239 Å². The minimum Gasteiger partial charge on any atom is -0.507 e. The number of nitrogens with zero attached hydrogens (tertiary/aromatic N) is 2. The lowest BCUT2D eigenvalue weighted by molar-refractivity contribution is -0.269. The third kappa shape index (κ3) is 6.83. The summed E-state index contributed by atoms with van der Waals surface area (Å²) in [5, 5.41) is 14.5. The van der Waals surface area contributed by atoms with Gasteiger partial charge in [-0.05, 0) is 18.2 Å². The Bertz CT molecular complexity index is 1570. The maximum atomic E-state index is 13.3. The van der Waals surface area contributed by atoms with Crippen LogP contribution in [0, 0.1) is 0 Å². The van der Waals surface area contributed by atoms with Crippen molar-refractivity contribution in [2.75, 3.05) is 11.9 Å². The van der Waals surface area contributed by atoms with Gasteiger partial charge in [-0.1, -0.05) is 24.3 Å². The van der Waals surface area contributed by atoms with E-state index in [1.54, 1.807) is 36.4 Å². The molecule has 2 aromatic carbocycles. The van der Waals surface area contributed by atoms with E-state index in [4.69, 9.17) is 23.7 Å². The highest BCUT2D eigenvalue weighted by molar-refractivity contribution is 5.98. The minimum absolute atomic E-state index is 0.0863. The number of anilines is 2. The van der Waals surface area contributed by atoms with Gasteiger partial charge in [0.05, 0.1) is 0 Å². The van der Waals surface area contributed by atoms with E-state index in [2.05, 4.69) is 10.3 Å². The van der Waals surface area contributed by atoms with Crippen molar-refractivity contribution < 1.29 is 48.0 Å². The highest BCUT2D eigenvalue weighted by Gasteiger charge is 2.53. The number of fused-ring (bicyclic) bond motifs is 1. The molecule has 222 valence electrons. The molecule has 0 radical (unpaired) electrons. The summed E-state index contributed by atoms with van der Waals surface area (Å²) >= 11 is 0. The molecule has 2 heterocycles. The first kappa shape index (κ1) is 30.0. The molecule has 5 atom stereocenters. The number of aromatic nitrogens is 2. The number of ether oxygens (including phenoxy) is 5. The molecule has 14 heteroatoms. The number of carbonyl (C=O) groups excluding carboxylic acids is 4. The van der Waals surface area contributed by atoms with Crippen LogP contribution < -0.4 is 11.0 Å². The van der Waals surface area contributed by atoms with E-state index >= 15 is 0 Å². The Morgan fingerprint density at radius 3 is 2.12 bits per heavy atom. The second-order valence-electron chi connectivity index (χ2n) is 9.40. The zero-order valence-electron chi connectivity index (χ0n) is 23.1. The molecular weight excluding hydrogens is 554 g/mol. The Kier molecular flexibility index (Phi) is 9.06. The van der Waals surface area contributed by atoms with E-state index in [0.29, 0.717) is 16.5 Å². The molecule has 0 saturated carbocycles. The second-order valence-corrected chi connectivity index (χ2v) is 9.40. The quantitative estimate of drug-likeness (QED) is 0.291. The van der Waals surface area contributed by atoms with Crippen LogP contribution in [0.5, 0.6) is 5.75 Å². The molecule has 42 heavy (non-hydrogen) atoms. The normalized spacial score (nSPS) is 21.7. The molecule has 1 aliphatic rings. The molecule has 0 unspecified atom stereocenters. The fraction of sp³-hybridized carbons (Fsp3) is 0.357. The van der Waals surface area contributed by atoms with Crippen LogP contribution in [0.4, 0.5) is 11.5 Å². The lowest BCUT2D eigenvalue weighted by atomic mass is 9.97. The van der Waals surface area contributed by atoms with Gasteiger partial charge in [-0.3, -0.25) is 23.7 Å². The third-order valence-electron chi connectivity index (χ3n) is 6.23. The summed E-state index contributed by atoms with van der Waals surface area (Å²) in [6, 6.07) is 11.7. The van der Waals surface area contributed by atoms with Crippen molar-refractivity contribution in [3.63, 3.8) is 0 Å². The number of phenols is 1. The van der Waals surface area contributed by atoms with Gasteiger partial charge in [-0.15, -0.1) is 0 Å². The van der Waals surface area contributed by atoms with Gasteiger partial charge in [0.1, 0.15) is 24.3 Å². The summed E-state index contributed by atoms with van der Waals surface area (Å²) in [6.45, 7) is 4.03. The van der Waals surface area contributed by atoms with Crippen LogP contribution in [0.2, 0.25) is 0 Å². The molecule has 3 aromatic rings. The van der Waals surface area contributed by atoms with Crippen LogP contribution in [0.15, 0.2) is 53.5 Å². The highest BCUT2D eigenvalue weighted by atomic mass is 16.7. The molecule has 0 bridgehead atoms. The molecule has 4 rings (SSSR count). The van der Waals surface area contributed by atoms with Gasteiger partial charge in [0, 0.05) is 50.4 Å². The number of hydrogen-bond donors (Lipinski definition) is 2. The number of rotatable bonds is 8. The first-order chi connectivity index (χ1) is 19.9. The molecule has 1 aliphatic heterocycles. The number of carbonyl (C=O) groups is 4. The summed E-state index contributed by atoms with van der Waals surface area (Å²) in [4.78, 5) is 65.0. The Morgan fingerprint density at radius 1 is 0.857 bits per heavy atom. The third-order valence-corrected chi connectivity index (χ3v) is 6.23. The van der Waals surface area contributed by atoms with E-state index in [0.717, 1.165) is 32.3 Å². The predicted octanol–water partition coefficient (Wildman–Crippen LogP) is 2.10. The zero-order valence-corrected chi connectivity index (χ0v) is 23.1. The lowest BCUT2D eigenvalue weighted by Gasteiger charge is -2.44. The molecule has 1 aromatic heterocycles. The van der Waals surface area contributed by atoms with E-state index < -0.39 is 66.8 Å². The topological polar surface area (TPSA) is 182 Å². The number of aromatic hydroxyl groups is 1. The van der Waals surface area contributed by atoms with Crippen molar-refractivity contribution >= 4 is 46.2 Å². The summed E-state index contributed by atoms with van der Waals surface area (Å²) in [7, 11) is 0. The van der Waals surface area contributed by atoms with Crippen molar-refractivity contribution in [2.45, 2.75) is 58.3 Å². The standard InChI is InChI=1S/C28H29N3O11/c1-14(32)38-13-22-24(39-15(2)33)25(40-16(3)34)26(41-17(4)35)27(42-22)31-12-11-23(30-28(31)37)29-20-9-5-8-19-18(20)7-6-10-21(19)36/h5-12,22,24-27,36H,13H2,1-4H3,(H,29,30,37)/t22-,24-,25+,26-,27-/m1/s1. The second kappa shape index (κ2) is 12.7. The molecule has 14 nitrogen and oxygen atoms in total. The van der Waals surface area contributed by atoms with Crippen molar-refractivity contribution in [1.82, 2.24) is 9.55 Å². The molecule has 0 aliphatic carbocycles. The summed E-state index contributed by atoms with van der Waals surface area (Å²) in [5.74, 6) is -2.80. The Morgan fingerprint density at radius 2 is 1.48 bits per heavy atom.